The van der Waals surface area contributed by atoms with Crippen LogP contribution in [0.3, 0.4) is 0 Å². The fourth-order valence-electron chi connectivity index (χ4n) is 3.56. The summed E-state index contributed by atoms with van der Waals surface area (Å²) >= 11 is 0. The molecular weight excluding hydrogens is 328 g/mol. The normalized spacial score (nSPS) is 19.7. The summed E-state index contributed by atoms with van der Waals surface area (Å²) in [5, 5.41) is 0. The Morgan fingerprint density at radius 1 is 1.17 bits per heavy atom. The Morgan fingerprint density at radius 3 is 2.50 bits per heavy atom. The Labute approximate surface area is 143 Å². The van der Waals surface area contributed by atoms with Crippen molar-refractivity contribution in [1.29, 1.82) is 0 Å². The van der Waals surface area contributed by atoms with Crippen LogP contribution in [0.4, 0.5) is 0 Å². The Morgan fingerprint density at radius 2 is 1.83 bits per heavy atom. The van der Waals surface area contributed by atoms with Gasteiger partial charge < -0.3 is 0 Å². The van der Waals surface area contributed by atoms with Gasteiger partial charge in [-0.3, -0.25) is 9.63 Å². The number of carbonyl (C=O) groups excluding carboxylic acids is 1. The average molecular weight is 352 g/mol. The minimum absolute atomic E-state index is 0.177. The van der Waals surface area contributed by atoms with Gasteiger partial charge in [0.15, 0.2) is 0 Å². The second kappa shape index (κ2) is 7.21. The molecule has 1 aromatic rings. The van der Waals surface area contributed by atoms with Crippen LogP contribution in [0.5, 0.6) is 0 Å². The molecular formula is C17H24N2O4S. The van der Waals surface area contributed by atoms with Gasteiger partial charge in [0.2, 0.25) is 15.9 Å². The van der Waals surface area contributed by atoms with Crippen LogP contribution in [0.15, 0.2) is 23.1 Å². The minimum atomic E-state index is -3.49. The number of benzene rings is 1. The number of nitrogens with zero attached hydrogens (tertiary/aromatic N) is 1. The summed E-state index contributed by atoms with van der Waals surface area (Å²) in [6.07, 6.45) is 5.32. The molecule has 0 spiro atoms. The van der Waals surface area contributed by atoms with Crippen LogP contribution in [-0.4, -0.2) is 38.8 Å². The number of hydrogen-bond donors (Lipinski definition) is 1. The Bertz CT molecular complexity index is 709. The predicted octanol–water partition coefficient (Wildman–Crippen LogP) is 1.64. The molecule has 0 aromatic heterocycles. The zero-order chi connectivity index (χ0) is 17.2. The summed E-state index contributed by atoms with van der Waals surface area (Å²) in [4.78, 5) is 16.8. The summed E-state index contributed by atoms with van der Waals surface area (Å²) in [6, 6.07) is 5.52. The van der Waals surface area contributed by atoms with Crippen molar-refractivity contribution < 1.29 is 18.0 Å². The number of carbonyl (C=O) groups is 1. The molecule has 0 saturated carbocycles. The van der Waals surface area contributed by atoms with Gasteiger partial charge in [0.1, 0.15) is 0 Å². The maximum Gasteiger partial charge on any atom is 0.246 e. The van der Waals surface area contributed by atoms with E-state index in [0.717, 1.165) is 24.8 Å². The highest BCUT2D eigenvalue weighted by Gasteiger charge is 2.32. The first-order valence-corrected chi connectivity index (χ1v) is 9.91. The number of nitrogens with one attached hydrogen (secondary N) is 1. The molecule has 1 saturated heterocycles. The Kier molecular flexibility index (Phi) is 5.22. The lowest BCUT2D eigenvalue weighted by Gasteiger charge is -2.30. The second-order valence-corrected chi connectivity index (χ2v) is 8.42. The van der Waals surface area contributed by atoms with Gasteiger partial charge in [0, 0.05) is 19.0 Å². The lowest BCUT2D eigenvalue weighted by molar-refractivity contribution is -0.136. The van der Waals surface area contributed by atoms with Gasteiger partial charge >= 0.3 is 0 Å². The summed E-state index contributed by atoms with van der Waals surface area (Å²) < 4.78 is 27.2. The molecule has 7 heteroatoms. The van der Waals surface area contributed by atoms with Crippen molar-refractivity contribution in [3.8, 4) is 0 Å². The molecule has 1 fully saturated rings. The molecule has 0 atom stereocenters. The van der Waals surface area contributed by atoms with Crippen molar-refractivity contribution in [2.45, 2.75) is 43.4 Å². The molecule has 0 bridgehead atoms. The first-order valence-electron chi connectivity index (χ1n) is 8.47. The molecule has 2 aliphatic rings. The molecule has 0 unspecified atom stereocenters. The number of fused-ring (bicyclic) bond motifs is 1. The van der Waals surface area contributed by atoms with E-state index in [2.05, 4.69) is 10.3 Å². The summed E-state index contributed by atoms with van der Waals surface area (Å²) in [7, 11) is -2.09. The summed E-state index contributed by atoms with van der Waals surface area (Å²) in [5.74, 6) is -0.372. The fourth-order valence-corrected chi connectivity index (χ4v) is 5.08. The molecule has 1 heterocycles. The van der Waals surface area contributed by atoms with Crippen molar-refractivity contribution in [1.82, 2.24) is 9.79 Å². The van der Waals surface area contributed by atoms with Gasteiger partial charge in [0.25, 0.3) is 0 Å². The maximum atomic E-state index is 12.9. The van der Waals surface area contributed by atoms with Gasteiger partial charge in [0.05, 0.1) is 12.0 Å². The van der Waals surface area contributed by atoms with Crippen LogP contribution < -0.4 is 5.48 Å². The first kappa shape index (κ1) is 17.4. The third-order valence-electron chi connectivity index (χ3n) is 4.99. The molecule has 1 N–H and O–H groups in total. The molecule has 6 nitrogen and oxygen atoms in total. The van der Waals surface area contributed by atoms with Crippen molar-refractivity contribution in [3.05, 3.63) is 29.3 Å². The minimum Gasteiger partial charge on any atom is -0.277 e. The van der Waals surface area contributed by atoms with Gasteiger partial charge in [-0.25, -0.2) is 13.9 Å². The van der Waals surface area contributed by atoms with Crippen LogP contribution in [-0.2, 0) is 32.5 Å². The van der Waals surface area contributed by atoms with E-state index < -0.39 is 10.0 Å². The number of hydrogen-bond acceptors (Lipinski definition) is 4. The van der Waals surface area contributed by atoms with Crippen LogP contribution in [0.1, 0.15) is 36.8 Å². The van der Waals surface area contributed by atoms with E-state index in [1.54, 1.807) is 6.07 Å². The monoisotopic (exact) mass is 352 g/mol. The quantitative estimate of drug-likeness (QED) is 0.836. The molecule has 1 amide bonds. The number of amides is 1. The van der Waals surface area contributed by atoms with E-state index in [9.17, 15) is 13.2 Å². The Balaban J connectivity index is 1.71. The molecule has 1 aliphatic heterocycles. The highest BCUT2D eigenvalue weighted by molar-refractivity contribution is 7.89. The van der Waals surface area contributed by atoms with Crippen molar-refractivity contribution in [2.75, 3.05) is 20.2 Å². The van der Waals surface area contributed by atoms with E-state index in [1.165, 1.54) is 23.4 Å². The highest BCUT2D eigenvalue weighted by Crippen LogP contribution is 2.28. The van der Waals surface area contributed by atoms with E-state index in [1.807, 2.05) is 12.1 Å². The Hall–Kier alpha value is -1.44. The molecule has 24 heavy (non-hydrogen) atoms. The maximum absolute atomic E-state index is 12.9. The van der Waals surface area contributed by atoms with Crippen molar-refractivity contribution in [2.24, 2.45) is 5.92 Å². The van der Waals surface area contributed by atoms with Crippen molar-refractivity contribution in [3.63, 3.8) is 0 Å². The van der Waals surface area contributed by atoms with Crippen LogP contribution in [0.2, 0.25) is 0 Å². The lowest BCUT2D eigenvalue weighted by atomic mass is 9.92. The average Bonchev–Trinajstić information content (AvgIpc) is 2.61. The first-order chi connectivity index (χ1) is 11.5. The van der Waals surface area contributed by atoms with Crippen LogP contribution in [0, 0.1) is 5.92 Å². The zero-order valence-corrected chi connectivity index (χ0v) is 14.8. The lowest BCUT2D eigenvalue weighted by Crippen LogP contribution is -2.42. The third-order valence-corrected chi connectivity index (χ3v) is 6.88. The molecule has 1 aromatic carbocycles. The fraction of sp³-hybridized carbons (Fsp3) is 0.588. The van der Waals surface area contributed by atoms with Gasteiger partial charge in [-0.1, -0.05) is 6.07 Å². The van der Waals surface area contributed by atoms with Crippen molar-refractivity contribution >= 4 is 15.9 Å². The predicted molar refractivity (Wildman–Crippen MR) is 89.7 cm³/mol. The second-order valence-electron chi connectivity index (χ2n) is 6.49. The number of rotatable bonds is 4. The van der Waals surface area contributed by atoms with Gasteiger partial charge in [-0.2, -0.15) is 4.31 Å². The van der Waals surface area contributed by atoms with Crippen LogP contribution in [0.25, 0.3) is 0 Å². The largest absolute Gasteiger partial charge is 0.277 e. The van der Waals surface area contributed by atoms with E-state index >= 15 is 0 Å². The SMILES string of the molecule is CONC(=O)C1CCN(S(=O)(=O)c2ccc3c(c2)CCCC3)CC1. The van der Waals surface area contributed by atoms with Gasteiger partial charge in [-0.05, 0) is 61.8 Å². The number of hydroxylamine groups is 1. The smallest absolute Gasteiger partial charge is 0.246 e. The molecule has 0 radical (unpaired) electrons. The van der Waals surface area contributed by atoms with E-state index in [4.69, 9.17) is 0 Å². The molecule has 3 rings (SSSR count). The summed E-state index contributed by atoms with van der Waals surface area (Å²) in [5.41, 5.74) is 4.76. The third kappa shape index (κ3) is 3.48. The topological polar surface area (TPSA) is 75.7 Å². The van der Waals surface area contributed by atoms with Crippen LogP contribution >= 0.6 is 0 Å². The number of sulfonamides is 1. The zero-order valence-electron chi connectivity index (χ0n) is 14.0. The van der Waals surface area contributed by atoms with E-state index in [0.29, 0.717) is 30.8 Å². The van der Waals surface area contributed by atoms with Gasteiger partial charge in [-0.15, -0.1) is 0 Å². The number of piperidine rings is 1. The highest BCUT2D eigenvalue weighted by atomic mass is 32.2. The van der Waals surface area contributed by atoms with E-state index in [-0.39, 0.29) is 11.8 Å². The summed E-state index contributed by atoms with van der Waals surface area (Å²) in [6.45, 7) is 0.725. The molecule has 1 aliphatic carbocycles. The standard InChI is InChI=1S/C17H24N2O4S/c1-23-18-17(20)14-8-10-19(11-9-14)24(21,22)16-7-6-13-4-2-3-5-15(13)12-16/h6-7,12,14H,2-5,8-11H2,1H3,(H,18,20). The molecule has 132 valence electrons. The number of aryl methyl sites for hydroxylation is 2.